The Labute approximate surface area is 164 Å². The molecule has 148 valence electrons. The van der Waals surface area contributed by atoms with Crippen molar-refractivity contribution in [1.29, 1.82) is 0 Å². The van der Waals surface area contributed by atoms with Gasteiger partial charge >= 0.3 is 0 Å². The highest BCUT2D eigenvalue weighted by molar-refractivity contribution is 5.96. The number of methoxy groups -OCH3 is 1. The molecule has 1 aliphatic rings. The summed E-state index contributed by atoms with van der Waals surface area (Å²) in [4.78, 5) is 27.5. The Morgan fingerprint density at radius 2 is 1.96 bits per heavy atom. The first-order valence-electron chi connectivity index (χ1n) is 9.38. The largest absolute Gasteiger partial charge is 0.383 e. The van der Waals surface area contributed by atoms with E-state index in [1.807, 2.05) is 31.2 Å². The van der Waals surface area contributed by atoms with Gasteiger partial charge in [-0.05, 0) is 36.2 Å². The molecule has 1 fully saturated rings. The van der Waals surface area contributed by atoms with Gasteiger partial charge in [0.05, 0.1) is 12.5 Å². The van der Waals surface area contributed by atoms with Crippen LogP contribution in [-0.4, -0.2) is 50.1 Å². The van der Waals surface area contributed by atoms with E-state index >= 15 is 0 Å². The molecule has 1 N–H and O–H groups in total. The van der Waals surface area contributed by atoms with E-state index in [9.17, 15) is 14.0 Å². The number of hydrogen-bond donors (Lipinski definition) is 1. The number of rotatable bonds is 6. The van der Waals surface area contributed by atoms with Gasteiger partial charge in [-0.25, -0.2) is 4.39 Å². The SMILES string of the molecule is COCCNC(=O)[C@@H]1CN(C(=O)c2ccccc2C)C[C@@H]1c1cccc(F)c1. The number of nitrogens with one attached hydrogen (secondary N) is 1. The number of benzene rings is 2. The predicted octanol–water partition coefficient (Wildman–Crippen LogP) is 2.75. The van der Waals surface area contributed by atoms with Crippen molar-refractivity contribution in [2.24, 2.45) is 5.92 Å². The molecule has 2 amide bonds. The van der Waals surface area contributed by atoms with Crippen LogP contribution in [-0.2, 0) is 9.53 Å². The fraction of sp³-hybridized carbons (Fsp3) is 0.364. The second-order valence-electron chi connectivity index (χ2n) is 7.08. The van der Waals surface area contributed by atoms with Gasteiger partial charge in [-0.2, -0.15) is 0 Å². The zero-order valence-electron chi connectivity index (χ0n) is 16.2. The van der Waals surface area contributed by atoms with E-state index in [0.717, 1.165) is 11.1 Å². The van der Waals surface area contributed by atoms with E-state index in [1.54, 1.807) is 24.1 Å². The fourth-order valence-electron chi connectivity index (χ4n) is 3.70. The van der Waals surface area contributed by atoms with Gasteiger partial charge in [0, 0.05) is 38.2 Å². The van der Waals surface area contributed by atoms with Crippen molar-refractivity contribution in [2.45, 2.75) is 12.8 Å². The van der Waals surface area contributed by atoms with Crippen LogP contribution in [0.3, 0.4) is 0 Å². The monoisotopic (exact) mass is 384 g/mol. The van der Waals surface area contributed by atoms with Crippen LogP contribution in [0.2, 0.25) is 0 Å². The number of halogens is 1. The highest BCUT2D eigenvalue weighted by atomic mass is 19.1. The topological polar surface area (TPSA) is 58.6 Å². The Bertz CT molecular complexity index is 855. The second-order valence-corrected chi connectivity index (χ2v) is 7.08. The molecule has 1 aliphatic heterocycles. The van der Waals surface area contributed by atoms with Crippen LogP contribution in [0.4, 0.5) is 4.39 Å². The normalized spacial score (nSPS) is 18.9. The van der Waals surface area contributed by atoms with Crippen molar-refractivity contribution in [3.05, 3.63) is 71.0 Å². The summed E-state index contributed by atoms with van der Waals surface area (Å²) < 4.78 is 18.8. The molecule has 3 rings (SSSR count). The van der Waals surface area contributed by atoms with Gasteiger partial charge in [-0.1, -0.05) is 30.3 Å². The molecule has 2 aromatic carbocycles. The Hall–Kier alpha value is -2.73. The minimum absolute atomic E-state index is 0.105. The number of likely N-dealkylation sites (tertiary alicyclic amines) is 1. The molecule has 0 unspecified atom stereocenters. The van der Waals surface area contributed by atoms with Gasteiger partial charge in [0.25, 0.3) is 5.91 Å². The molecule has 5 nitrogen and oxygen atoms in total. The molecule has 0 aromatic heterocycles. The highest BCUT2D eigenvalue weighted by Crippen LogP contribution is 2.34. The van der Waals surface area contributed by atoms with E-state index in [4.69, 9.17) is 4.74 Å². The average molecular weight is 384 g/mol. The van der Waals surface area contributed by atoms with E-state index in [1.165, 1.54) is 12.1 Å². The summed E-state index contributed by atoms with van der Waals surface area (Å²) in [5.41, 5.74) is 2.25. The lowest BCUT2D eigenvalue weighted by Crippen LogP contribution is -2.37. The lowest BCUT2D eigenvalue weighted by molar-refractivity contribution is -0.125. The van der Waals surface area contributed by atoms with Crippen LogP contribution < -0.4 is 5.32 Å². The molecule has 0 bridgehead atoms. The van der Waals surface area contributed by atoms with Crippen molar-refractivity contribution in [3.63, 3.8) is 0 Å². The maximum absolute atomic E-state index is 13.8. The Balaban J connectivity index is 1.84. The molecule has 2 atom stereocenters. The van der Waals surface area contributed by atoms with Gasteiger partial charge in [0.2, 0.25) is 5.91 Å². The minimum Gasteiger partial charge on any atom is -0.383 e. The second kappa shape index (κ2) is 8.97. The maximum Gasteiger partial charge on any atom is 0.254 e. The van der Waals surface area contributed by atoms with E-state index < -0.39 is 5.92 Å². The molecule has 6 heteroatoms. The minimum atomic E-state index is -0.438. The number of hydrogen-bond acceptors (Lipinski definition) is 3. The zero-order chi connectivity index (χ0) is 20.1. The number of nitrogens with zero attached hydrogens (tertiary/aromatic N) is 1. The lowest BCUT2D eigenvalue weighted by atomic mass is 9.88. The third kappa shape index (κ3) is 4.39. The Morgan fingerprint density at radius 3 is 2.68 bits per heavy atom. The summed E-state index contributed by atoms with van der Waals surface area (Å²) in [5.74, 6) is -1.30. The van der Waals surface area contributed by atoms with Crippen molar-refractivity contribution in [3.8, 4) is 0 Å². The summed E-state index contributed by atoms with van der Waals surface area (Å²) >= 11 is 0. The highest BCUT2D eigenvalue weighted by Gasteiger charge is 2.40. The smallest absolute Gasteiger partial charge is 0.254 e. The van der Waals surface area contributed by atoms with Crippen LogP contribution >= 0.6 is 0 Å². The fourth-order valence-corrected chi connectivity index (χ4v) is 3.70. The summed E-state index contributed by atoms with van der Waals surface area (Å²) in [6.07, 6.45) is 0. The third-order valence-electron chi connectivity index (χ3n) is 5.20. The van der Waals surface area contributed by atoms with Gasteiger partial charge in [-0.15, -0.1) is 0 Å². The van der Waals surface area contributed by atoms with Crippen molar-refractivity contribution >= 4 is 11.8 Å². The van der Waals surface area contributed by atoms with E-state index in [-0.39, 0.29) is 23.5 Å². The Morgan fingerprint density at radius 1 is 1.18 bits per heavy atom. The summed E-state index contributed by atoms with van der Waals surface area (Å²) in [5, 5.41) is 2.85. The van der Waals surface area contributed by atoms with Crippen LogP contribution in [0.1, 0.15) is 27.4 Å². The van der Waals surface area contributed by atoms with E-state index in [0.29, 0.717) is 31.8 Å². The number of carbonyl (C=O) groups is 2. The third-order valence-corrected chi connectivity index (χ3v) is 5.20. The van der Waals surface area contributed by atoms with Crippen LogP contribution in [0.25, 0.3) is 0 Å². The lowest BCUT2D eigenvalue weighted by Gasteiger charge is -2.18. The molecular weight excluding hydrogens is 359 g/mol. The number of aryl methyl sites for hydroxylation is 1. The zero-order valence-corrected chi connectivity index (χ0v) is 16.2. The average Bonchev–Trinajstić information content (AvgIpc) is 3.13. The van der Waals surface area contributed by atoms with Crippen LogP contribution in [0, 0.1) is 18.7 Å². The van der Waals surface area contributed by atoms with Gasteiger partial charge in [-0.3, -0.25) is 9.59 Å². The maximum atomic E-state index is 13.8. The molecule has 0 saturated carbocycles. The summed E-state index contributed by atoms with van der Waals surface area (Å²) in [6, 6.07) is 13.7. The van der Waals surface area contributed by atoms with E-state index in [2.05, 4.69) is 5.32 Å². The van der Waals surface area contributed by atoms with Crippen LogP contribution in [0.5, 0.6) is 0 Å². The molecule has 2 aromatic rings. The van der Waals surface area contributed by atoms with Gasteiger partial charge in [0.15, 0.2) is 0 Å². The molecule has 28 heavy (non-hydrogen) atoms. The quantitative estimate of drug-likeness (QED) is 0.779. The van der Waals surface area contributed by atoms with Crippen molar-refractivity contribution in [2.75, 3.05) is 33.4 Å². The molecule has 0 aliphatic carbocycles. The first-order chi connectivity index (χ1) is 13.5. The molecule has 1 heterocycles. The van der Waals surface area contributed by atoms with Crippen molar-refractivity contribution in [1.82, 2.24) is 10.2 Å². The van der Waals surface area contributed by atoms with Crippen molar-refractivity contribution < 1.29 is 18.7 Å². The number of carbonyl (C=O) groups excluding carboxylic acids is 2. The molecule has 0 radical (unpaired) electrons. The van der Waals surface area contributed by atoms with Gasteiger partial charge < -0.3 is 15.0 Å². The predicted molar refractivity (Wildman–Crippen MR) is 105 cm³/mol. The summed E-state index contributed by atoms with van der Waals surface area (Å²) in [7, 11) is 1.57. The molecular formula is C22H25FN2O3. The van der Waals surface area contributed by atoms with Gasteiger partial charge in [0.1, 0.15) is 5.82 Å². The van der Waals surface area contributed by atoms with Crippen LogP contribution in [0.15, 0.2) is 48.5 Å². The molecule has 0 spiro atoms. The first kappa shape index (κ1) is 20.0. The standard InChI is InChI=1S/C22H25FN2O3/c1-15-6-3-4-9-18(15)22(27)25-13-19(16-7-5-8-17(23)12-16)20(14-25)21(26)24-10-11-28-2/h3-9,12,19-20H,10-11,13-14H2,1-2H3,(H,24,26)/t19-,20-/m1/s1. The number of amides is 2. The molecule has 1 saturated heterocycles. The first-order valence-corrected chi connectivity index (χ1v) is 9.38. The summed E-state index contributed by atoms with van der Waals surface area (Å²) in [6.45, 7) is 3.37. The Kier molecular flexibility index (Phi) is 6.41. The number of ether oxygens (including phenoxy) is 1.